The summed E-state index contributed by atoms with van der Waals surface area (Å²) in [5.41, 5.74) is 3.67. The van der Waals surface area contributed by atoms with Gasteiger partial charge in [-0.05, 0) is 66.8 Å². The van der Waals surface area contributed by atoms with E-state index in [1.54, 1.807) is 29.7 Å². The second-order valence-corrected chi connectivity index (χ2v) is 9.72. The molecule has 5 nitrogen and oxygen atoms in total. The number of hydrogen-bond acceptors (Lipinski definition) is 6. The van der Waals surface area contributed by atoms with E-state index in [2.05, 4.69) is 28.0 Å². The van der Waals surface area contributed by atoms with Crippen molar-refractivity contribution < 1.29 is 17.9 Å². The average Bonchev–Trinajstić information content (AvgIpc) is 3.27. The van der Waals surface area contributed by atoms with Crippen LogP contribution in [0.3, 0.4) is 0 Å². The van der Waals surface area contributed by atoms with Crippen LogP contribution in [0.2, 0.25) is 0 Å². The van der Waals surface area contributed by atoms with Crippen LogP contribution in [0.25, 0.3) is 32.9 Å². The number of anilines is 1. The molecular weight excluding hydrogens is 497 g/mol. The minimum atomic E-state index is -4.69. The number of benzene rings is 2. The number of ether oxygens (including phenoxy) is 1. The highest BCUT2D eigenvalue weighted by molar-refractivity contribution is 7.18. The molecule has 5 rings (SSSR count). The molecule has 3 aromatic heterocycles. The lowest BCUT2D eigenvalue weighted by Gasteiger charge is -2.10. The minimum Gasteiger partial charge on any atom is -0.406 e. The summed E-state index contributed by atoms with van der Waals surface area (Å²) >= 11 is 1.64. The van der Waals surface area contributed by atoms with Gasteiger partial charge in [-0.15, -0.1) is 24.5 Å². The summed E-state index contributed by atoms with van der Waals surface area (Å²) in [6.45, 7) is 2.80. The summed E-state index contributed by atoms with van der Waals surface area (Å²) in [4.78, 5) is 16.0. The van der Waals surface area contributed by atoms with Crippen molar-refractivity contribution in [2.45, 2.75) is 26.1 Å². The highest BCUT2D eigenvalue weighted by atomic mass is 32.1. The van der Waals surface area contributed by atoms with Gasteiger partial charge in [-0.2, -0.15) is 0 Å². The van der Waals surface area contributed by atoms with Crippen molar-refractivity contribution >= 4 is 27.4 Å². The lowest BCUT2D eigenvalue weighted by Crippen LogP contribution is -2.16. The fourth-order valence-corrected chi connectivity index (χ4v) is 4.88. The molecule has 0 saturated heterocycles. The quantitative estimate of drug-likeness (QED) is 0.213. The maximum atomic E-state index is 12.4. The van der Waals surface area contributed by atoms with E-state index in [4.69, 9.17) is 9.97 Å². The third-order valence-electron chi connectivity index (χ3n) is 5.72. The zero-order valence-electron chi connectivity index (χ0n) is 19.9. The fraction of sp³-hybridized carbons (Fsp3) is 0.179. The van der Waals surface area contributed by atoms with Crippen molar-refractivity contribution in [3.8, 4) is 28.4 Å². The Morgan fingerprint density at radius 2 is 1.65 bits per heavy atom. The smallest absolute Gasteiger partial charge is 0.406 e. The molecule has 0 saturated carbocycles. The van der Waals surface area contributed by atoms with Crippen LogP contribution in [0.1, 0.15) is 16.9 Å². The third kappa shape index (κ3) is 6.24. The Bertz CT molecular complexity index is 1480. The first kappa shape index (κ1) is 24.7. The Morgan fingerprint density at radius 1 is 0.919 bits per heavy atom. The summed E-state index contributed by atoms with van der Waals surface area (Å²) in [7, 11) is 0. The molecule has 0 unspecified atom stereocenters. The van der Waals surface area contributed by atoms with Crippen molar-refractivity contribution in [3.05, 3.63) is 89.4 Å². The van der Waals surface area contributed by atoms with E-state index in [1.807, 2.05) is 42.5 Å². The zero-order valence-corrected chi connectivity index (χ0v) is 20.7. The van der Waals surface area contributed by atoms with Crippen molar-refractivity contribution in [1.82, 2.24) is 15.0 Å². The molecule has 0 spiro atoms. The zero-order chi connectivity index (χ0) is 25.8. The molecule has 0 atom stereocenters. The molecule has 1 N–H and O–H groups in total. The van der Waals surface area contributed by atoms with Crippen LogP contribution in [0.4, 0.5) is 19.0 Å². The molecule has 0 aliphatic rings. The first-order chi connectivity index (χ1) is 17.8. The Morgan fingerprint density at radius 3 is 2.32 bits per heavy atom. The van der Waals surface area contributed by atoms with Crippen molar-refractivity contribution in [3.63, 3.8) is 0 Å². The Hall–Kier alpha value is -3.98. The molecule has 188 valence electrons. The second-order valence-electron chi connectivity index (χ2n) is 8.49. The summed E-state index contributed by atoms with van der Waals surface area (Å²) in [5, 5.41) is 4.49. The highest BCUT2D eigenvalue weighted by Gasteiger charge is 2.30. The number of nitrogens with one attached hydrogen (secondary N) is 1. The SMILES string of the molecule is Cc1cc2c(NCCCc3ccc(-c4ccc(OC(F)(F)F)cc4)cc3)nc(-c3ccccn3)nc2s1. The maximum absolute atomic E-state index is 12.4. The monoisotopic (exact) mass is 520 g/mol. The van der Waals surface area contributed by atoms with Gasteiger partial charge in [0.1, 0.15) is 22.1 Å². The van der Waals surface area contributed by atoms with Gasteiger partial charge in [0.05, 0.1) is 5.39 Å². The van der Waals surface area contributed by atoms with E-state index in [-0.39, 0.29) is 5.75 Å². The van der Waals surface area contributed by atoms with E-state index in [9.17, 15) is 13.2 Å². The first-order valence-electron chi connectivity index (χ1n) is 11.7. The number of fused-ring (bicyclic) bond motifs is 1. The minimum absolute atomic E-state index is 0.230. The van der Waals surface area contributed by atoms with Crippen LogP contribution >= 0.6 is 11.3 Å². The second kappa shape index (κ2) is 10.6. The molecule has 0 bridgehead atoms. The number of alkyl halides is 3. The summed E-state index contributed by atoms with van der Waals surface area (Å²) in [6, 6.07) is 21.7. The Kier molecular flexibility index (Phi) is 7.05. The maximum Gasteiger partial charge on any atom is 0.573 e. The summed E-state index contributed by atoms with van der Waals surface area (Å²) in [5.74, 6) is 1.18. The van der Waals surface area contributed by atoms with Gasteiger partial charge >= 0.3 is 6.36 Å². The lowest BCUT2D eigenvalue weighted by molar-refractivity contribution is -0.274. The van der Waals surface area contributed by atoms with Crippen LogP contribution in [0.5, 0.6) is 5.75 Å². The van der Waals surface area contributed by atoms with Gasteiger partial charge < -0.3 is 10.1 Å². The summed E-state index contributed by atoms with van der Waals surface area (Å²) in [6.07, 6.45) is -1.19. The van der Waals surface area contributed by atoms with E-state index in [0.717, 1.165) is 52.2 Å². The van der Waals surface area contributed by atoms with E-state index in [0.29, 0.717) is 5.82 Å². The van der Waals surface area contributed by atoms with E-state index >= 15 is 0 Å². The molecule has 0 fully saturated rings. The van der Waals surface area contributed by atoms with E-state index in [1.165, 1.54) is 22.6 Å². The van der Waals surface area contributed by atoms with Gasteiger partial charge in [-0.3, -0.25) is 4.98 Å². The highest BCUT2D eigenvalue weighted by Crippen LogP contribution is 2.31. The Balaban J connectivity index is 1.20. The molecule has 2 aromatic carbocycles. The molecule has 0 radical (unpaired) electrons. The number of hydrogen-bond donors (Lipinski definition) is 1. The number of pyridine rings is 1. The number of aryl methyl sites for hydroxylation is 2. The van der Waals surface area contributed by atoms with Crippen molar-refractivity contribution in [2.75, 3.05) is 11.9 Å². The number of nitrogens with zero attached hydrogens (tertiary/aromatic N) is 3. The normalized spacial score (nSPS) is 11.6. The number of rotatable bonds is 8. The standard InChI is InChI=1S/C28H23F3N4OS/c1-18-17-23-25(34-26(35-27(23)37-18)24-6-2-3-15-32-24)33-16-4-5-19-7-9-20(10-8-19)21-11-13-22(14-12-21)36-28(29,30)31/h2-3,6-15,17H,4-5,16H2,1H3,(H,33,34,35). The van der Waals surface area contributed by atoms with Crippen molar-refractivity contribution in [1.29, 1.82) is 0 Å². The van der Waals surface area contributed by atoms with Crippen LogP contribution in [-0.4, -0.2) is 27.9 Å². The van der Waals surface area contributed by atoms with Crippen LogP contribution in [-0.2, 0) is 6.42 Å². The lowest BCUT2D eigenvalue weighted by atomic mass is 10.0. The van der Waals surface area contributed by atoms with Crippen LogP contribution in [0, 0.1) is 6.92 Å². The van der Waals surface area contributed by atoms with Gasteiger partial charge in [-0.1, -0.05) is 42.5 Å². The van der Waals surface area contributed by atoms with Gasteiger partial charge in [0.25, 0.3) is 0 Å². The fourth-order valence-electron chi connectivity index (χ4n) is 4.00. The van der Waals surface area contributed by atoms with Gasteiger partial charge in [0.15, 0.2) is 5.82 Å². The topological polar surface area (TPSA) is 59.9 Å². The molecule has 9 heteroatoms. The molecule has 0 aliphatic carbocycles. The molecule has 0 amide bonds. The predicted molar refractivity (Wildman–Crippen MR) is 141 cm³/mol. The Labute approximate surface area is 216 Å². The number of aromatic nitrogens is 3. The number of thiophene rings is 1. The molecule has 5 aromatic rings. The van der Waals surface area contributed by atoms with Crippen LogP contribution < -0.4 is 10.1 Å². The third-order valence-corrected chi connectivity index (χ3v) is 6.66. The molecule has 0 aliphatic heterocycles. The summed E-state index contributed by atoms with van der Waals surface area (Å²) < 4.78 is 41.0. The van der Waals surface area contributed by atoms with Gasteiger partial charge in [0.2, 0.25) is 0 Å². The van der Waals surface area contributed by atoms with Crippen molar-refractivity contribution in [2.24, 2.45) is 0 Å². The molecular formula is C28H23F3N4OS. The average molecular weight is 521 g/mol. The van der Waals surface area contributed by atoms with Gasteiger partial charge in [-0.25, -0.2) is 9.97 Å². The predicted octanol–water partition coefficient (Wildman–Crippen LogP) is 7.67. The van der Waals surface area contributed by atoms with E-state index < -0.39 is 6.36 Å². The number of halogens is 3. The van der Waals surface area contributed by atoms with Crippen LogP contribution in [0.15, 0.2) is 79.0 Å². The van der Waals surface area contributed by atoms with Gasteiger partial charge in [0, 0.05) is 17.6 Å². The largest absolute Gasteiger partial charge is 0.573 e. The molecule has 3 heterocycles. The molecule has 37 heavy (non-hydrogen) atoms. The first-order valence-corrected chi connectivity index (χ1v) is 12.5.